The molecule has 10 heteroatoms. The molecule has 3 aromatic rings. The molecule has 0 amide bonds. The number of aromatic nitrogens is 5. The predicted molar refractivity (Wildman–Crippen MR) is 113 cm³/mol. The lowest BCUT2D eigenvalue weighted by atomic mass is 9.96. The summed E-state index contributed by atoms with van der Waals surface area (Å²) in [7, 11) is -2.99. The number of hydrogen-bond acceptors (Lipinski definition) is 7. The number of fused-ring (bicyclic) bond motifs is 1. The van der Waals surface area contributed by atoms with Crippen molar-refractivity contribution < 1.29 is 8.42 Å². The van der Waals surface area contributed by atoms with Gasteiger partial charge >= 0.3 is 0 Å². The summed E-state index contributed by atoms with van der Waals surface area (Å²) in [6, 6.07) is 3.60. The Morgan fingerprint density at radius 3 is 2.52 bits per heavy atom. The Bertz CT molecular complexity index is 1160. The summed E-state index contributed by atoms with van der Waals surface area (Å²) in [5.74, 6) is 1.60. The molecule has 0 spiro atoms. The van der Waals surface area contributed by atoms with Crippen LogP contribution >= 0.6 is 11.6 Å². The molecule has 8 nitrogen and oxygen atoms in total. The molecule has 29 heavy (non-hydrogen) atoms. The molecule has 0 aromatic carbocycles. The summed E-state index contributed by atoms with van der Waals surface area (Å²) in [5, 5.41) is 0.584. The van der Waals surface area contributed by atoms with Gasteiger partial charge in [0.15, 0.2) is 26.8 Å². The lowest BCUT2D eigenvalue weighted by Crippen LogP contribution is -2.41. The molecule has 3 aromatic heterocycles. The van der Waals surface area contributed by atoms with Gasteiger partial charge in [0.05, 0.1) is 35.1 Å². The van der Waals surface area contributed by atoms with Crippen LogP contribution in [0.2, 0.25) is 5.02 Å². The Balaban J connectivity index is 1.81. The van der Waals surface area contributed by atoms with Gasteiger partial charge in [-0.15, -0.1) is 0 Å². The van der Waals surface area contributed by atoms with Crippen LogP contribution < -0.4 is 4.90 Å². The summed E-state index contributed by atoms with van der Waals surface area (Å²) in [5.41, 5.74) is 1.80. The Morgan fingerprint density at radius 2 is 1.86 bits per heavy atom. The average Bonchev–Trinajstić information content (AvgIpc) is 3.05. The van der Waals surface area contributed by atoms with Crippen LogP contribution in [0.4, 0.5) is 5.82 Å². The number of nitrogens with zero attached hydrogens (tertiary/aromatic N) is 6. The van der Waals surface area contributed by atoms with Gasteiger partial charge in [-0.05, 0) is 12.1 Å². The summed E-state index contributed by atoms with van der Waals surface area (Å²) < 4.78 is 25.6. The molecule has 1 fully saturated rings. The number of halogens is 1. The van der Waals surface area contributed by atoms with Crippen molar-refractivity contribution in [2.24, 2.45) is 0 Å². The van der Waals surface area contributed by atoms with Crippen molar-refractivity contribution in [3.8, 4) is 0 Å². The van der Waals surface area contributed by atoms with E-state index in [9.17, 15) is 8.42 Å². The molecule has 4 heterocycles. The molecule has 1 aliphatic rings. The zero-order chi connectivity index (χ0) is 20.8. The molecule has 0 radical (unpaired) electrons. The number of sulfone groups is 1. The van der Waals surface area contributed by atoms with Gasteiger partial charge in [-0.3, -0.25) is 4.98 Å². The monoisotopic (exact) mass is 434 g/mol. The SMILES string of the molecule is CC(C)(C)c1nc(N2CCS(=O)(=O)CC2)c2ncn(Cc3ncccc3Cl)c2n1. The minimum Gasteiger partial charge on any atom is -0.353 e. The lowest BCUT2D eigenvalue weighted by molar-refractivity contribution is 0.545. The zero-order valence-electron chi connectivity index (χ0n) is 16.6. The third-order valence-corrected chi connectivity index (χ3v) is 6.87. The molecule has 0 atom stereocenters. The Labute approximate surface area is 174 Å². The molecule has 154 valence electrons. The smallest absolute Gasteiger partial charge is 0.166 e. The van der Waals surface area contributed by atoms with Crippen LogP contribution in [0, 0.1) is 0 Å². The molecular weight excluding hydrogens is 412 g/mol. The van der Waals surface area contributed by atoms with Gasteiger partial charge in [-0.1, -0.05) is 32.4 Å². The van der Waals surface area contributed by atoms with Crippen LogP contribution in [0.1, 0.15) is 32.3 Å². The fourth-order valence-corrected chi connectivity index (χ4v) is 4.60. The van der Waals surface area contributed by atoms with Gasteiger partial charge in [0.2, 0.25) is 0 Å². The highest BCUT2D eigenvalue weighted by molar-refractivity contribution is 7.91. The standard InChI is InChI=1S/C19H23ClN6O2S/c1-19(2,3)18-23-16(25-7-9-29(27,28)10-8-25)15-17(24-18)26(12-22-15)11-14-13(20)5-4-6-21-14/h4-6,12H,7-11H2,1-3H3. The Morgan fingerprint density at radius 1 is 1.14 bits per heavy atom. The van der Waals surface area contributed by atoms with E-state index in [0.717, 1.165) is 5.69 Å². The molecule has 0 unspecified atom stereocenters. The largest absolute Gasteiger partial charge is 0.353 e. The number of anilines is 1. The van der Waals surface area contributed by atoms with Crippen LogP contribution in [0.5, 0.6) is 0 Å². The van der Waals surface area contributed by atoms with Gasteiger partial charge in [0.1, 0.15) is 5.82 Å². The van der Waals surface area contributed by atoms with E-state index in [-0.39, 0.29) is 16.9 Å². The van der Waals surface area contributed by atoms with Crippen molar-refractivity contribution in [1.29, 1.82) is 0 Å². The van der Waals surface area contributed by atoms with Crippen molar-refractivity contribution in [3.63, 3.8) is 0 Å². The summed E-state index contributed by atoms with van der Waals surface area (Å²) in [6.45, 7) is 7.39. The number of pyridine rings is 1. The van der Waals surface area contributed by atoms with Crippen molar-refractivity contribution in [1.82, 2.24) is 24.5 Å². The van der Waals surface area contributed by atoms with E-state index in [1.165, 1.54) is 0 Å². The molecule has 1 saturated heterocycles. The van der Waals surface area contributed by atoms with Crippen LogP contribution in [0.15, 0.2) is 24.7 Å². The Kier molecular flexibility index (Phi) is 4.98. The summed E-state index contributed by atoms with van der Waals surface area (Å²) >= 11 is 6.28. The highest BCUT2D eigenvalue weighted by atomic mass is 35.5. The van der Waals surface area contributed by atoms with E-state index < -0.39 is 9.84 Å². The van der Waals surface area contributed by atoms with Gasteiger partial charge in [-0.25, -0.2) is 23.4 Å². The van der Waals surface area contributed by atoms with Crippen molar-refractivity contribution in [2.45, 2.75) is 32.7 Å². The van der Waals surface area contributed by atoms with Gasteiger partial charge in [0, 0.05) is 24.7 Å². The predicted octanol–water partition coefficient (Wildman–Crippen LogP) is 2.46. The number of rotatable bonds is 3. The van der Waals surface area contributed by atoms with Gasteiger partial charge in [0.25, 0.3) is 0 Å². The van der Waals surface area contributed by atoms with E-state index in [4.69, 9.17) is 21.6 Å². The van der Waals surface area contributed by atoms with E-state index in [1.807, 2.05) is 9.47 Å². The van der Waals surface area contributed by atoms with Crippen LogP contribution in [0.25, 0.3) is 11.2 Å². The second-order valence-electron chi connectivity index (χ2n) is 8.24. The molecular formula is C19H23ClN6O2S. The highest BCUT2D eigenvalue weighted by Gasteiger charge is 2.28. The minimum atomic E-state index is -2.99. The first-order valence-electron chi connectivity index (χ1n) is 9.42. The average molecular weight is 435 g/mol. The summed E-state index contributed by atoms with van der Waals surface area (Å²) in [6.07, 6.45) is 3.41. The summed E-state index contributed by atoms with van der Waals surface area (Å²) in [4.78, 5) is 20.5. The second-order valence-corrected chi connectivity index (χ2v) is 10.9. The van der Waals surface area contributed by atoms with Crippen molar-refractivity contribution in [3.05, 3.63) is 41.2 Å². The first-order chi connectivity index (χ1) is 13.6. The lowest BCUT2D eigenvalue weighted by Gasteiger charge is -2.29. The fraction of sp³-hybridized carbons (Fsp3) is 0.474. The first kappa shape index (κ1) is 20.0. The van der Waals surface area contributed by atoms with Crippen LogP contribution in [0.3, 0.4) is 0 Å². The van der Waals surface area contributed by atoms with E-state index >= 15 is 0 Å². The van der Waals surface area contributed by atoms with E-state index in [2.05, 4.69) is 30.7 Å². The molecule has 1 aliphatic heterocycles. The van der Waals surface area contributed by atoms with Crippen LogP contribution in [-0.4, -0.2) is 57.5 Å². The van der Waals surface area contributed by atoms with Crippen molar-refractivity contribution >= 4 is 38.4 Å². The van der Waals surface area contributed by atoms with E-state index in [1.54, 1.807) is 24.7 Å². The van der Waals surface area contributed by atoms with Crippen LogP contribution in [-0.2, 0) is 21.8 Å². The minimum absolute atomic E-state index is 0.119. The second kappa shape index (κ2) is 7.21. The molecule has 0 saturated carbocycles. The highest BCUT2D eigenvalue weighted by Crippen LogP contribution is 2.29. The maximum absolute atomic E-state index is 11.9. The molecule has 0 N–H and O–H groups in total. The third kappa shape index (κ3) is 4.06. The molecule has 0 bridgehead atoms. The molecule has 0 aliphatic carbocycles. The number of imidazole rings is 1. The fourth-order valence-electron chi connectivity index (χ4n) is 3.22. The maximum Gasteiger partial charge on any atom is 0.166 e. The van der Waals surface area contributed by atoms with Gasteiger partial charge in [-0.2, -0.15) is 0 Å². The maximum atomic E-state index is 11.9. The molecule has 4 rings (SSSR count). The van der Waals surface area contributed by atoms with Gasteiger partial charge < -0.3 is 9.47 Å². The first-order valence-corrected chi connectivity index (χ1v) is 11.6. The normalized spacial score (nSPS) is 17.0. The number of hydrogen-bond donors (Lipinski definition) is 0. The van der Waals surface area contributed by atoms with Crippen molar-refractivity contribution in [2.75, 3.05) is 29.5 Å². The Hall–Kier alpha value is -2.26. The van der Waals surface area contributed by atoms with E-state index in [0.29, 0.717) is 47.5 Å². The topological polar surface area (TPSA) is 93.9 Å². The quantitative estimate of drug-likeness (QED) is 0.624. The zero-order valence-corrected chi connectivity index (χ0v) is 18.2. The third-order valence-electron chi connectivity index (χ3n) is 4.92.